The number of carbonyl (C=O) groups is 1. The first-order valence-electron chi connectivity index (χ1n) is 12.8. The van der Waals surface area contributed by atoms with Gasteiger partial charge in [-0.3, -0.25) is 4.79 Å². The standard InChI is InChI=1S/C29H35F2N3O4S/c1-4-20-8-6-9-21(12-20)18-32-19-28(35)27(15-22-13-24(30)17-25(31)14-22)33-29(36)23-10-7-11-26(16-23)39(37,38)34(3)5-2/h6-14,16-17,27-28,32,35H,4-5,15,18-19H2,1-3H3,(H,33,36). The summed E-state index contributed by atoms with van der Waals surface area (Å²) in [6.07, 6.45) is -0.273. The molecule has 0 spiro atoms. The average molecular weight is 560 g/mol. The van der Waals surface area contributed by atoms with E-state index in [0.717, 1.165) is 34.5 Å². The summed E-state index contributed by atoms with van der Waals surface area (Å²) in [5.41, 5.74) is 2.55. The van der Waals surface area contributed by atoms with Gasteiger partial charge in [0.25, 0.3) is 5.91 Å². The summed E-state index contributed by atoms with van der Waals surface area (Å²) in [6.45, 7) is 4.59. The van der Waals surface area contributed by atoms with E-state index in [9.17, 15) is 27.1 Å². The van der Waals surface area contributed by atoms with Crippen LogP contribution in [-0.2, 0) is 29.4 Å². The third-order valence-electron chi connectivity index (χ3n) is 6.49. The Morgan fingerprint density at radius 3 is 2.28 bits per heavy atom. The molecule has 2 atom stereocenters. The van der Waals surface area contributed by atoms with Gasteiger partial charge >= 0.3 is 0 Å². The van der Waals surface area contributed by atoms with Crippen LogP contribution < -0.4 is 10.6 Å². The molecule has 0 aliphatic carbocycles. The minimum absolute atomic E-state index is 0.0419. The smallest absolute Gasteiger partial charge is 0.251 e. The van der Waals surface area contributed by atoms with Crippen molar-refractivity contribution in [2.24, 2.45) is 0 Å². The van der Waals surface area contributed by atoms with Gasteiger partial charge in [-0.1, -0.05) is 44.2 Å². The zero-order valence-electron chi connectivity index (χ0n) is 22.3. The third-order valence-corrected chi connectivity index (χ3v) is 8.42. The highest BCUT2D eigenvalue weighted by Gasteiger charge is 2.25. The maximum absolute atomic E-state index is 13.8. The molecule has 3 N–H and O–H groups in total. The molecule has 0 fully saturated rings. The molecule has 0 heterocycles. The van der Waals surface area contributed by atoms with Crippen molar-refractivity contribution in [2.45, 2.75) is 50.3 Å². The highest BCUT2D eigenvalue weighted by Crippen LogP contribution is 2.17. The quantitative estimate of drug-likeness (QED) is 0.297. The lowest BCUT2D eigenvalue weighted by Crippen LogP contribution is -2.48. The van der Waals surface area contributed by atoms with Gasteiger partial charge in [0, 0.05) is 38.3 Å². The van der Waals surface area contributed by atoms with Crippen LogP contribution in [0.1, 0.15) is 40.9 Å². The van der Waals surface area contributed by atoms with E-state index in [2.05, 4.69) is 23.6 Å². The Morgan fingerprint density at radius 2 is 1.62 bits per heavy atom. The number of nitrogens with zero attached hydrogens (tertiary/aromatic N) is 1. The number of nitrogens with one attached hydrogen (secondary N) is 2. The molecule has 7 nitrogen and oxygen atoms in total. The zero-order chi connectivity index (χ0) is 28.6. The Labute approximate surface area is 228 Å². The first-order valence-corrected chi connectivity index (χ1v) is 14.3. The molecule has 0 radical (unpaired) electrons. The van der Waals surface area contributed by atoms with Gasteiger partial charge in [0.2, 0.25) is 10.0 Å². The second-order valence-corrected chi connectivity index (χ2v) is 11.4. The molecule has 210 valence electrons. The maximum atomic E-state index is 13.8. The van der Waals surface area contributed by atoms with Crippen LogP contribution in [0.4, 0.5) is 8.78 Å². The molecule has 0 aromatic heterocycles. The molecule has 3 aromatic carbocycles. The number of aliphatic hydroxyl groups is 1. The lowest BCUT2D eigenvalue weighted by molar-refractivity contribution is 0.0829. The molecule has 0 aliphatic heterocycles. The van der Waals surface area contributed by atoms with Gasteiger partial charge in [-0.25, -0.2) is 21.5 Å². The molecule has 0 saturated carbocycles. The van der Waals surface area contributed by atoms with Crippen LogP contribution in [-0.4, -0.2) is 56.0 Å². The maximum Gasteiger partial charge on any atom is 0.251 e. The second kappa shape index (κ2) is 13.7. The van der Waals surface area contributed by atoms with Crippen LogP contribution in [0, 0.1) is 11.6 Å². The molecule has 2 unspecified atom stereocenters. The number of hydrogen-bond donors (Lipinski definition) is 3. The van der Waals surface area contributed by atoms with E-state index in [0.29, 0.717) is 6.54 Å². The number of aryl methyl sites for hydroxylation is 1. The van der Waals surface area contributed by atoms with Gasteiger partial charge in [-0.05, 0) is 59.9 Å². The van der Waals surface area contributed by atoms with Gasteiger partial charge in [-0.2, -0.15) is 0 Å². The summed E-state index contributed by atoms with van der Waals surface area (Å²) in [6, 6.07) is 15.7. The van der Waals surface area contributed by atoms with Crippen molar-refractivity contribution in [3.05, 3.63) is 101 Å². The normalized spacial score (nSPS) is 13.3. The molecular formula is C29H35F2N3O4S. The number of amides is 1. The topological polar surface area (TPSA) is 98.7 Å². The lowest BCUT2D eigenvalue weighted by atomic mass is 10.00. The summed E-state index contributed by atoms with van der Waals surface area (Å²) in [5, 5.41) is 16.9. The minimum Gasteiger partial charge on any atom is -0.390 e. The van der Waals surface area contributed by atoms with Crippen molar-refractivity contribution in [1.29, 1.82) is 0 Å². The van der Waals surface area contributed by atoms with Crippen LogP contribution in [0.3, 0.4) is 0 Å². The van der Waals surface area contributed by atoms with Gasteiger partial charge in [0.15, 0.2) is 0 Å². The van der Waals surface area contributed by atoms with Crippen LogP contribution in [0.5, 0.6) is 0 Å². The summed E-state index contributed by atoms with van der Waals surface area (Å²) in [4.78, 5) is 13.1. The average Bonchev–Trinajstić information content (AvgIpc) is 2.91. The molecular weight excluding hydrogens is 524 g/mol. The number of benzene rings is 3. The molecule has 0 bridgehead atoms. The summed E-state index contributed by atoms with van der Waals surface area (Å²) in [7, 11) is -2.34. The third kappa shape index (κ3) is 8.40. The van der Waals surface area contributed by atoms with Gasteiger partial charge < -0.3 is 15.7 Å². The van der Waals surface area contributed by atoms with E-state index in [4.69, 9.17) is 0 Å². The molecule has 0 saturated heterocycles. The van der Waals surface area contributed by atoms with Crippen molar-refractivity contribution in [1.82, 2.24) is 14.9 Å². The highest BCUT2D eigenvalue weighted by atomic mass is 32.2. The number of carbonyl (C=O) groups excluding carboxylic acids is 1. The Balaban J connectivity index is 1.79. The Kier molecular flexibility index (Phi) is 10.7. The van der Waals surface area contributed by atoms with Crippen molar-refractivity contribution in [3.8, 4) is 0 Å². The molecule has 3 aromatic rings. The second-order valence-electron chi connectivity index (χ2n) is 9.38. The molecule has 0 aliphatic rings. The fourth-order valence-corrected chi connectivity index (χ4v) is 5.36. The van der Waals surface area contributed by atoms with Gasteiger partial charge in [0.05, 0.1) is 17.0 Å². The van der Waals surface area contributed by atoms with Gasteiger partial charge in [-0.15, -0.1) is 0 Å². The number of hydrogen-bond acceptors (Lipinski definition) is 5. The van der Waals surface area contributed by atoms with Crippen LogP contribution in [0.25, 0.3) is 0 Å². The monoisotopic (exact) mass is 559 g/mol. The Hall–Kier alpha value is -3.18. The fourth-order valence-electron chi connectivity index (χ4n) is 4.13. The van der Waals surface area contributed by atoms with Gasteiger partial charge in [0.1, 0.15) is 11.6 Å². The van der Waals surface area contributed by atoms with E-state index in [1.54, 1.807) is 6.92 Å². The van der Waals surface area contributed by atoms with E-state index >= 15 is 0 Å². The van der Waals surface area contributed by atoms with E-state index in [-0.39, 0.29) is 35.5 Å². The first-order chi connectivity index (χ1) is 18.5. The minimum atomic E-state index is -3.78. The first kappa shape index (κ1) is 30.4. The summed E-state index contributed by atoms with van der Waals surface area (Å²) in [5.74, 6) is -2.16. The van der Waals surface area contributed by atoms with E-state index in [1.165, 1.54) is 36.9 Å². The van der Waals surface area contributed by atoms with Crippen molar-refractivity contribution in [3.63, 3.8) is 0 Å². The number of rotatable bonds is 13. The number of sulfonamides is 1. The van der Waals surface area contributed by atoms with Crippen molar-refractivity contribution in [2.75, 3.05) is 20.1 Å². The lowest BCUT2D eigenvalue weighted by Gasteiger charge is -2.25. The highest BCUT2D eigenvalue weighted by molar-refractivity contribution is 7.89. The number of aliphatic hydroxyl groups excluding tert-OH is 1. The number of halogens is 2. The Bertz CT molecular complexity index is 1360. The van der Waals surface area contributed by atoms with Crippen LogP contribution >= 0.6 is 0 Å². The van der Waals surface area contributed by atoms with Crippen molar-refractivity contribution < 1.29 is 27.1 Å². The van der Waals surface area contributed by atoms with Crippen molar-refractivity contribution >= 4 is 15.9 Å². The Morgan fingerprint density at radius 1 is 0.949 bits per heavy atom. The fraction of sp³-hybridized carbons (Fsp3) is 0.345. The van der Waals surface area contributed by atoms with E-state index in [1.807, 2.05) is 18.2 Å². The largest absolute Gasteiger partial charge is 0.390 e. The molecule has 39 heavy (non-hydrogen) atoms. The molecule has 10 heteroatoms. The molecule has 3 rings (SSSR count). The zero-order valence-corrected chi connectivity index (χ0v) is 23.1. The van der Waals surface area contributed by atoms with E-state index < -0.39 is 39.7 Å². The van der Waals surface area contributed by atoms with Crippen LogP contribution in [0.2, 0.25) is 0 Å². The van der Waals surface area contributed by atoms with Crippen LogP contribution in [0.15, 0.2) is 71.6 Å². The molecule has 1 amide bonds. The predicted octanol–water partition coefficient (Wildman–Crippen LogP) is 3.66. The summed E-state index contributed by atoms with van der Waals surface area (Å²) >= 11 is 0. The summed E-state index contributed by atoms with van der Waals surface area (Å²) < 4.78 is 54.3. The predicted molar refractivity (Wildman–Crippen MR) is 147 cm³/mol. The SMILES string of the molecule is CCc1cccc(CNCC(O)C(Cc2cc(F)cc(F)c2)NC(=O)c2cccc(S(=O)(=O)N(C)CC)c2)c1.